The predicted octanol–water partition coefficient (Wildman–Crippen LogP) is 3.92. The molecule has 4 heteroatoms. The molecular weight excluding hydrogens is 300 g/mol. The van der Waals surface area contributed by atoms with Gasteiger partial charge in [-0.2, -0.15) is 0 Å². The highest BCUT2D eigenvalue weighted by atomic mass is 16.5. The van der Waals surface area contributed by atoms with Gasteiger partial charge >= 0.3 is 5.97 Å². The van der Waals surface area contributed by atoms with Gasteiger partial charge in [0.1, 0.15) is 5.84 Å². The molecule has 0 spiro atoms. The number of nitrogens with zero attached hydrogens (tertiary/aromatic N) is 1. The second-order valence-corrected chi connectivity index (χ2v) is 6.14. The first-order valence-corrected chi connectivity index (χ1v) is 8.31. The van der Waals surface area contributed by atoms with E-state index in [4.69, 9.17) is 10.1 Å². The van der Waals surface area contributed by atoms with Gasteiger partial charge in [-0.25, -0.2) is 0 Å². The third-order valence-corrected chi connectivity index (χ3v) is 4.37. The highest BCUT2D eigenvalue weighted by Crippen LogP contribution is 2.28. The number of rotatable bonds is 5. The van der Waals surface area contributed by atoms with Gasteiger partial charge in [-0.05, 0) is 36.6 Å². The maximum Gasteiger partial charge on any atom is 0.310 e. The van der Waals surface area contributed by atoms with Crippen molar-refractivity contribution >= 4 is 17.5 Å². The number of carbonyl (C=O) groups is 1. The van der Waals surface area contributed by atoms with E-state index in [9.17, 15) is 4.79 Å². The van der Waals surface area contributed by atoms with Crippen molar-refractivity contribution in [2.24, 2.45) is 0 Å². The lowest BCUT2D eigenvalue weighted by atomic mass is 10.1. The highest BCUT2D eigenvalue weighted by Gasteiger charge is 2.24. The molecule has 0 saturated carbocycles. The maximum absolute atomic E-state index is 11.9. The number of hydrogen-bond acceptors (Lipinski definition) is 3. The summed E-state index contributed by atoms with van der Waals surface area (Å²) in [6.45, 7) is 4.61. The lowest BCUT2D eigenvalue weighted by Crippen LogP contribution is -2.23. The van der Waals surface area contributed by atoms with Crippen molar-refractivity contribution in [2.45, 2.75) is 39.3 Å². The molecule has 1 aliphatic rings. The Morgan fingerprint density at radius 2 is 1.92 bits per heavy atom. The van der Waals surface area contributed by atoms with Gasteiger partial charge in [-0.1, -0.05) is 43.3 Å². The molecule has 0 aliphatic carbocycles. The van der Waals surface area contributed by atoms with Crippen LogP contribution >= 0.6 is 0 Å². The number of ether oxygens (including phenoxy) is 1. The first-order valence-electron chi connectivity index (χ1n) is 8.31. The summed E-state index contributed by atoms with van der Waals surface area (Å²) in [5.41, 5.74) is 4.05. The average Bonchev–Trinajstić information content (AvgIpc) is 2.92. The standard InChI is InChI=1S/C20H22N2O2/c1-3-14(2)24-19(23)12-15-8-10-17(11-9-15)22-13-16-6-4-5-7-18(16)20(22)21/h4-11,14,21H,3,12-13H2,1-2H3. The summed E-state index contributed by atoms with van der Waals surface area (Å²) in [4.78, 5) is 13.8. The Labute approximate surface area is 142 Å². The first-order chi connectivity index (χ1) is 11.6. The van der Waals surface area contributed by atoms with Crippen molar-refractivity contribution in [2.75, 3.05) is 4.90 Å². The zero-order valence-electron chi connectivity index (χ0n) is 14.1. The molecule has 0 bridgehead atoms. The molecule has 124 valence electrons. The smallest absolute Gasteiger partial charge is 0.310 e. The second kappa shape index (κ2) is 6.87. The van der Waals surface area contributed by atoms with E-state index in [2.05, 4.69) is 6.07 Å². The lowest BCUT2D eigenvalue weighted by molar-refractivity contribution is -0.147. The van der Waals surface area contributed by atoms with Crippen LogP contribution in [0.3, 0.4) is 0 Å². The van der Waals surface area contributed by atoms with Crippen LogP contribution in [0.25, 0.3) is 0 Å². The van der Waals surface area contributed by atoms with E-state index in [1.54, 1.807) is 0 Å². The van der Waals surface area contributed by atoms with E-state index in [1.165, 1.54) is 5.56 Å². The Morgan fingerprint density at radius 3 is 2.58 bits per heavy atom. The Morgan fingerprint density at radius 1 is 1.21 bits per heavy atom. The van der Waals surface area contributed by atoms with Crippen LogP contribution in [0.4, 0.5) is 5.69 Å². The molecule has 1 heterocycles. The zero-order valence-corrected chi connectivity index (χ0v) is 14.1. The van der Waals surface area contributed by atoms with Crippen LogP contribution in [0.15, 0.2) is 48.5 Å². The minimum Gasteiger partial charge on any atom is -0.462 e. The van der Waals surface area contributed by atoms with Crippen molar-refractivity contribution in [3.8, 4) is 0 Å². The molecule has 0 radical (unpaired) electrons. The number of hydrogen-bond donors (Lipinski definition) is 1. The Kier molecular flexibility index (Phi) is 4.65. The van der Waals surface area contributed by atoms with Crippen molar-refractivity contribution in [3.63, 3.8) is 0 Å². The van der Waals surface area contributed by atoms with E-state index in [-0.39, 0.29) is 18.5 Å². The van der Waals surface area contributed by atoms with E-state index in [0.717, 1.165) is 23.2 Å². The topological polar surface area (TPSA) is 53.4 Å². The number of nitrogens with one attached hydrogen (secondary N) is 1. The summed E-state index contributed by atoms with van der Waals surface area (Å²) in [5, 5.41) is 8.34. The van der Waals surface area contributed by atoms with Crippen LogP contribution in [0.1, 0.15) is 37.0 Å². The SMILES string of the molecule is CCC(C)OC(=O)Cc1ccc(N2Cc3ccccc3C2=N)cc1. The number of amidine groups is 1. The number of fused-ring (bicyclic) bond motifs is 1. The summed E-state index contributed by atoms with van der Waals surface area (Å²) in [6.07, 6.45) is 1.06. The second-order valence-electron chi connectivity index (χ2n) is 6.14. The molecule has 2 aromatic carbocycles. The zero-order chi connectivity index (χ0) is 17.1. The fourth-order valence-electron chi connectivity index (χ4n) is 2.81. The van der Waals surface area contributed by atoms with Gasteiger partial charge in [-0.3, -0.25) is 10.2 Å². The van der Waals surface area contributed by atoms with Gasteiger partial charge in [0.25, 0.3) is 0 Å². The third-order valence-electron chi connectivity index (χ3n) is 4.37. The van der Waals surface area contributed by atoms with Gasteiger partial charge in [0, 0.05) is 11.3 Å². The van der Waals surface area contributed by atoms with Crippen molar-refractivity contribution in [3.05, 3.63) is 65.2 Å². The number of esters is 1. The van der Waals surface area contributed by atoms with Gasteiger partial charge < -0.3 is 9.64 Å². The Hall–Kier alpha value is -2.62. The minimum absolute atomic E-state index is 0.0413. The normalized spacial score (nSPS) is 14.4. The van der Waals surface area contributed by atoms with Crippen LogP contribution in [0.5, 0.6) is 0 Å². The van der Waals surface area contributed by atoms with Gasteiger partial charge in [0.15, 0.2) is 0 Å². The third kappa shape index (κ3) is 3.32. The quantitative estimate of drug-likeness (QED) is 0.849. The van der Waals surface area contributed by atoms with E-state index in [0.29, 0.717) is 12.4 Å². The predicted molar refractivity (Wildman–Crippen MR) is 95.4 cm³/mol. The summed E-state index contributed by atoms with van der Waals surface area (Å²) in [5.74, 6) is 0.327. The molecule has 2 aromatic rings. The molecule has 3 rings (SSSR count). The molecule has 4 nitrogen and oxygen atoms in total. The fraction of sp³-hybridized carbons (Fsp3) is 0.300. The van der Waals surface area contributed by atoms with Crippen LogP contribution in [0, 0.1) is 5.41 Å². The van der Waals surface area contributed by atoms with Crippen LogP contribution in [-0.4, -0.2) is 17.9 Å². The molecule has 1 atom stereocenters. The number of anilines is 1. The Bertz CT molecular complexity index is 752. The van der Waals surface area contributed by atoms with Gasteiger partial charge in [0.2, 0.25) is 0 Å². The van der Waals surface area contributed by atoms with Gasteiger partial charge in [-0.15, -0.1) is 0 Å². The lowest BCUT2D eigenvalue weighted by Gasteiger charge is -2.18. The van der Waals surface area contributed by atoms with Crippen molar-refractivity contribution in [1.29, 1.82) is 5.41 Å². The molecule has 1 unspecified atom stereocenters. The Balaban J connectivity index is 1.68. The molecule has 0 amide bonds. The maximum atomic E-state index is 11.9. The van der Waals surface area contributed by atoms with Crippen molar-refractivity contribution in [1.82, 2.24) is 0 Å². The molecule has 0 saturated heterocycles. The van der Waals surface area contributed by atoms with Crippen molar-refractivity contribution < 1.29 is 9.53 Å². The van der Waals surface area contributed by atoms with Gasteiger partial charge in [0.05, 0.1) is 19.1 Å². The molecule has 0 aromatic heterocycles. The van der Waals surface area contributed by atoms with E-state index >= 15 is 0 Å². The fourth-order valence-corrected chi connectivity index (χ4v) is 2.81. The number of benzene rings is 2. The highest BCUT2D eigenvalue weighted by molar-refractivity contribution is 6.11. The summed E-state index contributed by atoms with van der Waals surface area (Å²) < 4.78 is 5.31. The first kappa shape index (κ1) is 16.2. The van der Waals surface area contributed by atoms with Crippen LogP contribution < -0.4 is 4.90 Å². The molecule has 1 N–H and O–H groups in total. The average molecular weight is 322 g/mol. The summed E-state index contributed by atoms with van der Waals surface area (Å²) >= 11 is 0. The summed E-state index contributed by atoms with van der Waals surface area (Å²) in [6, 6.07) is 15.8. The van der Waals surface area contributed by atoms with E-state index < -0.39 is 0 Å². The van der Waals surface area contributed by atoms with E-state index in [1.807, 2.05) is 61.2 Å². The molecule has 24 heavy (non-hydrogen) atoms. The molecule has 1 aliphatic heterocycles. The monoisotopic (exact) mass is 322 g/mol. The van der Waals surface area contributed by atoms with Crippen LogP contribution in [-0.2, 0) is 22.5 Å². The minimum atomic E-state index is -0.196. The largest absolute Gasteiger partial charge is 0.462 e. The summed E-state index contributed by atoms with van der Waals surface area (Å²) in [7, 11) is 0. The number of carbonyl (C=O) groups excluding carboxylic acids is 1. The molecule has 0 fully saturated rings. The van der Waals surface area contributed by atoms with Crippen LogP contribution in [0.2, 0.25) is 0 Å². The molecular formula is C20H22N2O2.